The van der Waals surface area contributed by atoms with Gasteiger partial charge in [-0.1, -0.05) is 29.7 Å². The summed E-state index contributed by atoms with van der Waals surface area (Å²) in [4.78, 5) is 33.6. The van der Waals surface area contributed by atoms with E-state index >= 15 is 0 Å². The van der Waals surface area contributed by atoms with Crippen LogP contribution in [0.3, 0.4) is 0 Å². The standard InChI is InChI=1S/C25H23ClN4O3/c1-3-9-27-10-11-29-23(32)25(2)14-19-18-13-16(26)7-8-20(18)28-21(19)22(30(25)24(29)33)15-5-4-6-17(31)12-15/h1,4-8,12-13,22,27-28,31H,9-11,14H2,2H3/t22-,25+/m1/s1. The molecule has 3 heterocycles. The SMILES string of the molecule is C#CCNCCN1C(=O)N2[C@H](c3cccc(O)c3)c3[nH]c4ccc(Cl)cc4c3C[C@@]2(C)C1=O. The molecular formula is C25H23ClN4O3. The summed E-state index contributed by atoms with van der Waals surface area (Å²) in [5, 5.41) is 14.7. The Morgan fingerprint density at radius 2 is 2.12 bits per heavy atom. The zero-order valence-corrected chi connectivity index (χ0v) is 18.8. The lowest BCUT2D eigenvalue weighted by molar-refractivity contribution is -0.133. The van der Waals surface area contributed by atoms with Gasteiger partial charge in [-0.25, -0.2) is 4.79 Å². The van der Waals surface area contributed by atoms with Gasteiger partial charge in [0.2, 0.25) is 0 Å². The molecule has 2 aromatic carbocycles. The number of rotatable bonds is 5. The van der Waals surface area contributed by atoms with Crippen molar-refractivity contribution in [3.63, 3.8) is 0 Å². The van der Waals surface area contributed by atoms with Crippen LogP contribution in [0.1, 0.15) is 29.8 Å². The third-order valence-electron chi connectivity index (χ3n) is 6.55. The number of imide groups is 1. The lowest BCUT2D eigenvalue weighted by Gasteiger charge is -2.42. The van der Waals surface area contributed by atoms with E-state index in [1.807, 2.05) is 25.1 Å². The number of aromatic nitrogens is 1. The van der Waals surface area contributed by atoms with Gasteiger partial charge in [0, 0.05) is 41.1 Å². The van der Waals surface area contributed by atoms with Gasteiger partial charge in [0.1, 0.15) is 17.3 Å². The number of amides is 3. The van der Waals surface area contributed by atoms with Gasteiger partial charge in [0.25, 0.3) is 5.91 Å². The van der Waals surface area contributed by atoms with E-state index < -0.39 is 11.6 Å². The third-order valence-corrected chi connectivity index (χ3v) is 6.79. The zero-order chi connectivity index (χ0) is 23.3. The van der Waals surface area contributed by atoms with Crippen LogP contribution < -0.4 is 5.32 Å². The highest BCUT2D eigenvalue weighted by molar-refractivity contribution is 6.31. The van der Waals surface area contributed by atoms with Gasteiger partial charge in [-0.3, -0.25) is 14.6 Å². The number of phenols is 1. The molecule has 0 bridgehead atoms. The highest BCUT2D eigenvalue weighted by Crippen LogP contribution is 2.49. The number of benzene rings is 2. The molecule has 0 saturated carbocycles. The number of hydrogen-bond acceptors (Lipinski definition) is 4. The van der Waals surface area contributed by atoms with Crippen molar-refractivity contribution in [1.29, 1.82) is 0 Å². The number of nitrogens with zero attached hydrogens (tertiary/aromatic N) is 2. The summed E-state index contributed by atoms with van der Waals surface area (Å²) in [6.07, 6.45) is 5.64. The maximum absolute atomic E-state index is 13.6. The fourth-order valence-electron chi connectivity index (χ4n) is 5.08. The van der Waals surface area contributed by atoms with Crippen molar-refractivity contribution in [3.8, 4) is 18.1 Å². The Morgan fingerprint density at radius 1 is 1.30 bits per heavy atom. The van der Waals surface area contributed by atoms with Gasteiger partial charge in [0.05, 0.1) is 6.54 Å². The minimum absolute atomic E-state index is 0.0915. The molecule has 33 heavy (non-hydrogen) atoms. The van der Waals surface area contributed by atoms with Crippen molar-refractivity contribution in [3.05, 3.63) is 64.3 Å². The summed E-state index contributed by atoms with van der Waals surface area (Å²) in [7, 11) is 0. The first-order valence-electron chi connectivity index (χ1n) is 10.7. The first-order valence-corrected chi connectivity index (χ1v) is 11.1. The Hall–Kier alpha value is -3.47. The predicted molar refractivity (Wildman–Crippen MR) is 126 cm³/mol. The van der Waals surface area contributed by atoms with Crippen LogP contribution in [0.15, 0.2) is 42.5 Å². The number of halogens is 1. The second-order valence-electron chi connectivity index (χ2n) is 8.65. The molecule has 8 heteroatoms. The van der Waals surface area contributed by atoms with E-state index in [1.54, 1.807) is 29.2 Å². The number of hydrogen-bond donors (Lipinski definition) is 3. The maximum Gasteiger partial charge on any atom is 0.328 e. The number of terminal acetylenes is 1. The fourth-order valence-corrected chi connectivity index (χ4v) is 5.25. The number of aromatic hydroxyl groups is 1. The van der Waals surface area contributed by atoms with Gasteiger partial charge < -0.3 is 15.4 Å². The molecular weight excluding hydrogens is 440 g/mol. The fraction of sp³-hybridized carbons (Fsp3) is 0.280. The molecule has 7 nitrogen and oxygen atoms in total. The molecule has 1 aromatic heterocycles. The van der Waals surface area contributed by atoms with Crippen molar-refractivity contribution < 1.29 is 14.7 Å². The van der Waals surface area contributed by atoms with Crippen molar-refractivity contribution in [1.82, 2.24) is 20.1 Å². The first kappa shape index (κ1) is 21.4. The summed E-state index contributed by atoms with van der Waals surface area (Å²) >= 11 is 6.29. The van der Waals surface area contributed by atoms with Crippen LogP contribution in [0, 0.1) is 12.3 Å². The molecule has 2 aliphatic heterocycles. The van der Waals surface area contributed by atoms with Crippen molar-refractivity contribution in [2.45, 2.75) is 24.9 Å². The quantitative estimate of drug-likeness (QED) is 0.308. The Labute approximate surface area is 196 Å². The number of aromatic amines is 1. The molecule has 2 aliphatic rings. The lowest BCUT2D eigenvalue weighted by atomic mass is 9.81. The van der Waals surface area contributed by atoms with Crippen LogP contribution in [0.25, 0.3) is 10.9 Å². The molecule has 5 rings (SSSR count). The number of urea groups is 1. The van der Waals surface area contributed by atoms with E-state index in [4.69, 9.17) is 18.0 Å². The molecule has 3 N–H and O–H groups in total. The molecule has 1 fully saturated rings. The summed E-state index contributed by atoms with van der Waals surface area (Å²) in [5.41, 5.74) is 2.30. The van der Waals surface area contributed by atoms with Gasteiger partial charge >= 0.3 is 6.03 Å². The van der Waals surface area contributed by atoms with Crippen LogP contribution in [0.4, 0.5) is 4.79 Å². The number of H-pyrrole nitrogens is 1. The monoisotopic (exact) mass is 462 g/mol. The van der Waals surface area contributed by atoms with Crippen molar-refractivity contribution >= 4 is 34.4 Å². The van der Waals surface area contributed by atoms with Gasteiger partial charge in [-0.05, 0) is 48.4 Å². The average molecular weight is 463 g/mol. The maximum atomic E-state index is 13.6. The number of carbonyl (C=O) groups excluding carboxylic acids is 2. The number of nitrogens with one attached hydrogen (secondary N) is 2. The van der Waals surface area contributed by atoms with Gasteiger partial charge in [-0.2, -0.15) is 0 Å². The topological polar surface area (TPSA) is 88.7 Å². The molecule has 0 spiro atoms. The number of phenolic OH excluding ortho intramolecular Hbond substituents is 1. The molecule has 3 amide bonds. The highest BCUT2D eigenvalue weighted by atomic mass is 35.5. The Kier molecular flexibility index (Phi) is 5.08. The van der Waals surface area contributed by atoms with Crippen molar-refractivity contribution in [2.24, 2.45) is 0 Å². The third kappa shape index (κ3) is 3.26. The zero-order valence-electron chi connectivity index (χ0n) is 18.1. The number of carbonyl (C=O) groups is 2. The molecule has 0 radical (unpaired) electrons. The molecule has 0 unspecified atom stereocenters. The largest absolute Gasteiger partial charge is 0.508 e. The molecule has 1 saturated heterocycles. The second kappa shape index (κ2) is 7.84. The highest BCUT2D eigenvalue weighted by Gasteiger charge is 2.60. The van der Waals surface area contributed by atoms with E-state index in [0.717, 1.165) is 22.2 Å². The molecule has 168 valence electrons. The normalized spacial score (nSPS) is 21.9. The Bertz CT molecular complexity index is 1330. The van der Waals surface area contributed by atoms with Crippen LogP contribution in [-0.2, 0) is 11.2 Å². The summed E-state index contributed by atoms with van der Waals surface area (Å²) in [6.45, 7) is 2.80. The Morgan fingerprint density at radius 3 is 2.88 bits per heavy atom. The van der Waals surface area contributed by atoms with Gasteiger partial charge in [-0.15, -0.1) is 6.42 Å². The second-order valence-corrected chi connectivity index (χ2v) is 9.08. The minimum Gasteiger partial charge on any atom is -0.508 e. The van der Waals surface area contributed by atoms with E-state index in [9.17, 15) is 14.7 Å². The van der Waals surface area contributed by atoms with E-state index in [0.29, 0.717) is 30.1 Å². The molecule has 2 atom stereocenters. The van der Waals surface area contributed by atoms with Crippen LogP contribution in [-0.4, -0.2) is 57.0 Å². The van der Waals surface area contributed by atoms with Crippen LogP contribution in [0.2, 0.25) is 5.02 Å². The van der Waals surface area contributed by atoms with E-state index in [1.165, 1.54) is 4.90 Å². The number of fused-ring (bicyclic) bond motifs is 4. The predicted octanol–water partition coefficient (Wildman–Crippen LogP) is 3.42. The van der Waals surface area contributed by atoms with E-state index in [-0.39, 0.29) is 24.2 Å². The molecule has 0 aliphatic carbocycles. The van der Waals surface area contributed by atoms with Crippen LogP contribution >= 0.6 is 11.6 Å². The Balaban J connectivity index is 1.66. The first-order chi connectivity index (χ1) is 15.8. The summed E-state index contributed by atoms with van der Waals surface area (Å²) in [5.74, 6) is 2.33. The van der Waals surface area contributed by atoms with Crippen molar-refractivity contribution in [2.75, 3.05) is 19.6 Å². The van der Waals surface area contributed by atoms with Gasteiger partial charge in [0.15, 0.2) is 0 Å². The molecule has 3 aromatic rings. The lowest BCUT2D eigenvalue weighted by Crippen LogP contribution is -2.53. The minimum atomic E-state index is -1.08. The smallest absolute Gasteiger partial charge is 0.328 e. The summed E-state index contributed by atoms with van der Waals surface area (Å²) < 4.78 is 0. The van der Waals surface area contributed by atoms with E-state index in [2.05, 4.69) is 16.2 Å². The average Bonchev–Trinajstić information content (AvgIpc) is 3.22. The van der Waals surface area contributed by atoms with Crippen LogP contribution in [0.5, 0.6) is 5.75 Å². The summed E-state index contributed by atoms with van der Waals surface area (Å²) in [6, 6.07) is 11.5.